The SMILES string of the molecule is C[C@@H](C(=O)Nc1ccc(OCc2ccccc2)cc1)[NH+](C)Cc1ccc2c(c1)OCO2. The van der Waals surface area contributed by atoms with Crippen LogP contribution in [0.5, 0.6) is 17.2 Å². The van der Waals surface area contributed by atoms with Crippen LogP contribution in [0.2, 0.25) is 0 Å². The Labute approximate surface area is 182 Å². The molecule has 0 aliphatic carbocycles. The van der Waals surface area contributed by atoms with Gasteiger partial charge in [-0.15, -0.1) is 0 Å². The van der Waals surface area contributed by atoms with Crippen molar-refractivity contribution in [1.29, 1.82) is 0 Å². The molecule has 0 spiro atoms. The lowest BCUT2D eigenvalue weighted by Crippen LogP contribution is -3.12. The number of ether oxygens (including phenoxy) is 3. The molecule has 3 aromatic carbocycles. The Hall–Kier alpha value is -3.51. The maximum Gasteiger partial charge on any atom is 0.282 e. The fraction of sp³-hybridized carbons (Fsp3) is 0.240. The molecule has 0 saturated heterocycles. The highest BCUT2D eigenvalue weighted by Crippen LogP contribution is 2.32. The standard InChI is InChI=1S/C25H26N2O4/c1-18(27(2)15-20-8-13-23-24(14-20)31-17-30-23)25(28)26-21-9-11-22(12-10-21)29-16-19-6-4-3-5-7-19/h3-14,18H,15-17H2,1-2H3,(H,26,28)/p+1/t18-/m0/s1. The van der Waals surface area contributed by atoms with Gasteiger partial charge < -0.3 is 24.4 Å². The van der Waals surface area contributed by atoms with Gasteiger partial charge in [-0.1, -0.05) is 30.3 Å². The summed E-state index contributed by atoms with van der Waals surface area (Å²) in [6.07, 6.45) is 0. The van der Waals surface area contributed by atoms with Crippen LogP contribution in [0.1, 0.15) is 18.1 Å². The fourth-order valence-corrected chi connectivity index (χ4v) is 3.38. The molecule has 1 amide bonds. The van der Waals surface area contributed by atoms with Crippen molar-refractivity contribution in [2.24, 2.45) is 0 Å². The van der Waals surface area contributed by atoms with Crippen molar-refractivity contribution in [3.63, 3.8) is 0 Å². The van der Waals surface area contributed by atoms with E-state index in [1.54, 1.807) is 0 Å². The van der Waals surface area contributed by atoms with Crippen LogP contribution in [0.3, 0.4) is 0 Å². The molecule has 4 rings (SSSR count). The van der Waals surface area contributed by atoms with E-state index in [0.717, 1.165) is 39.0 Å². The number of anilines is 1. The van der Waals surface area contributed by atoms with Crippen LogP contribution in [-0.4, -0.2) is 25.8 Å². The Balaban J connectivity index is 1.28. The molecule has 1 heterocycles. The van der Waals surface area contributed by atoms with Gasteiger partial charge in [-0.05, 0) is 55.0 Å². The molecular weight excluding hydrogens is 392 g/mol. The molecule has 1 aliphatic heterocycles. The van der Waals surface area contributed by atoms with Crippen molar-refractivity contribution < 1.29 is 23.9 Å². The number of benzene rings is 3. The first-order valence-electron chi connectivity index (χ1n) is 10.4. The van der Waals surface area contributed by atoms with E-state index in [0.29, 0.717) is 13.2 Å². The largest absolute Gasteiger partial charge is 0.489 e. The molecule has 31 heavy (non-hydrogen) atoms. The Morgan fingerprint density at radius 1 is 1.00 bits per heavy atom. The highest BCUT2D eigenvalue weighted by Gasteiger charge is 2.23. The number of hydrogen-bond acceptors (Lipinski definition) is 4. The average Bonchev–Trinajstić information content (AvgIpc) is 3.26. The third-order valence-electron chi connectivity index (χ3n) is 5.42. The number of nitrogens with one attached hydrogen (secondary N) is 2. The summed E-state index contributed by atoms with van der Waals surface area (Å²) in [4.78, 5) is 13.8. The van der Waals surface area contributed by atoms with Gasteiger partial charge in [-0.25, -0.2) is 0 Å². The number of fused-ring (bicyclic) bond motifs is 1. The second kappa shape index (κ2) is 9.53. The van der Waals surface area contributed by atoms with Gasteiger partial charge in [-0.3, -0.25) is 4.79 Å². The predicted octanol–water partition coefficient (Wildman–Crippen LogP) is 3.04. The second-order valence-electron chi connectivity index (χ2n) is 7.72. The molecule has 3 aromatic rings. The van der Waals surface area contributed by atoms with E-state index >= 15 is 0 Å². The van der Waals surface area contributed by atoms with E-state index < -0.39 is 0 Å². The lowest BCUT2D eigenvalue weighted by molar-refractivity contribution is -0.907. The van der Waals surface area contributed by atoms with Crippen molar-refractivity contribution in [3.05, 3.63) is 83.9 Å². The predicted molar refractivity (Wildman–Crippen MR) is 118 cm³/mol. The monoisotopic (exact) mass is 419 g/mol. The number of hydrogen-bond donors (Lipinski definition) is 2. The van der Waals surface area contributed by atoms with Crippen molar-refractivity contribution >= 4 is 11.6 Å². The number of amides is 1. The molecule has 0 saturated carbocycles. The normalized spacial score (nSPS) is 14.0. The van der Waals surface area contributed by atoms with E-state index in [1.165, 1.54) is 0 Å². The van der Waals surface area contributed by atoms with Crippen molar-refractivity contribution in [2.75, 3.05) is 19.2 Å². The Morgan fingerprint density at radius 2 is 1.74 bits per heavy atom. The second-order valence-corrected chi connectivity index (χ2v) is 7.72. The number of rotatable bonds is 8. The third-order valence-corrected chi connectivity index (χ3v) is 5.42. The summed E-state index contributed by atoms with van der Waals surface area (Å²) in [6, 6.07) is 23.1. The van der Waals surface area contributed by atoms with Crippen LogP contribution in [0.15, 0.2) is 72.8 Å². The molecule has 1 unspecified atom stereocenters. The van der Waals surface area contributed by atoms with Crippen molar-refractivity contribution in [3.8, 4) is 17.2 Å². The first kappa shape index (κ1) is 20.8. The zero-order valence-electron chi connectivity index (χ0n) is 17.8. The summed E-state index contributed by atoms with van der Waals surface area (Å²) >= 11 is 0. The van der Waals surface area contributed by atoms with Crippen molar-refractivity contribution in [2.45, 2.75) is 26.1 Å². The number of quaternary nitrogens is 1. The Bertz CT molecular complexity index is 1020. The van der Waals surface area contributed by atoms with Gasteiger partial charge in [0.25, 0.3) is 5.91 Å². The van der Waals surface area contributed by atoms with E-state index in [4.69, 9.17) is 14.2 Å². The number of likely N-dealkylation sites (N-methyl/N-ethyl adjacent to an activating group) is 1. The quantitative estimate of drug-likeness (QED) is 0.589. The maximum atomic E-state index is 12.7. The van der Waals surface area contributed by atoms with Crippen LogP contribution in [0.25, 0.3) is 0 Å². The molecule has 160 valence electrons. The topological polar surface area (TPSA) is 61.2 Å². The highest BCUT2D eigenvalue weighted by molar-refractivity contribution is 5.93. The van der Waals surface area contributed by atoms with Gasteiger partial charge >= 0.3 is 0 Å². The summed E-state index contributed by atoms with van der Waals surface area (Å²) in [5.41, 5.74) is 2.96. The Kier molecular flexibility index (Phi) is 6.38. The zero-order chi connectivity index (χ0) is 21.6. The first-order chi connectivity index (χ1) is 15.1. The molecule has 0 radical (unpaired) electrons. The zero-order valence-corrected chi connectivity index (χ0v) is 17.8. The molecule has 2 atom stereocenters. The number of carbonyl (C=O) groups excluding carboxylic acids is 1. The smallest absolute Gasteiger partial charge is 0.282 e. The summed E-state index contributed by atoms with van der Waals surface area (Å²) in [5.74, 6) is 2.26. The average molecular weight is 420 g/mol. The highest BCUT2D eigenvalue weighted by atomic mass is 16.7. The molecule has 6 nitrogen and oxygen atoms in total. The van der Waals surface area contributed by atoms with Gasteiger partial charge in [0.1, 0.15) is 18.9 Å². The van der Waals surface area contributed by atoms with E-state index in [2.05, 4.69) is 5.32 Å². The van der Waals surface area contributed by atoms with Crippen LogP contribution in [-0.2, 0) is 17.9 Å². The minimum atomic E-state index is -0.223. The molecular formula is C25H27N2O4+. The van der Waals surface area contributed by atoms with Crippen LogP contribution in [0.4, 0.5) is 5.69 Å². The van der Waals surface area contributed by atoms with Crippen LogP contribution < -0.4 is 24.4 Å². The van der Waals surface area contributed by atoms with Gasteiger partial charge in [0.2, 0.25) is 6.79 Å². The van der Waals surface area contributed by atoms with Gasteiger partial charge in [-0.2, -0.15) is 0 Å². The molecule has 1 aliphatic rings. The molecule has 2 N–H and O–H groups in total. The van der Waals surface area contributed by atoms with Crippen LogP contribution >= 0.6 is 0 Å². The molecule has 0 aromatic heterocycles. The lowest BCUT2D eigenvalue weighted by Gasteiger charge is -2.21. The van der Waals surface area contributed by atoms with E-state index in [9.17, 15) is 4.79 Å². The molecule has 0 fully saturated rings. The maximum absolute atomic E-state index is 12.7. The number of carbonyl (C=O) groups is 1. The van der Waals surface area contributed by atoms with E-state index in [-0.39, 0.29) is 18.7 Å². The molecule has 6 heteroatoms. The minimum absolute atomic E-state index is 0.0313. The van der Waals surface area contributed by atoms with Gasteiger partial charge in [0.05, 0.1) is 7.05 Å². The summed E-state index contributed by atoms with van der Waals surface area (Å²) in [6.45, 7) is 3.40. The lowest BCUT2D eigenvalue weighted by atomic mass is 10.1. The summed E-state index contributed by atoms with van der Waals surface area (Å²) in [5, 5.41) is 2.99. The van der Waals surface area contributed by atoms with Crippen molar-refractivity contribution in [1.82, 2.24) is 0 Å². The fourth-order valence-electron chi connectivity index (χ4n) is 3.38. The first-order valence-corrected chi connectivity index (χ1v) is 10.4. The third kappa shape index (κ3) is 5.35. The Morgan fingerprint density at radius 3 is 2.52 bits per heavy atom. The van der Waals surface area contributed by atoms with Crippen LogP contribution in [0, 0.1) is 0 Å². The molecule has 0 bridgehead atoms. The van der Waals surface area contributed by atoms with Gasteiger partial charge in [0, 0.05) is 11.3 Å². The minimum Gasteiger partial charge on any atom is -0.489 e. The summed E-state index contributed by atoms with van der Waals surface area (Å²) < 4.78 is 16.6. The van der Waals surface area contributed by atoms with E-state index in [1.807, 2.05) is 86.8 Å². The summed E-state index contributed by atoms with van der Waals surface area (Å²) in [7, 11) is 2.01. The van der Waals surface area contributed by atoms with Gasteiger partial charge in [0.15, 0.2) is 17.5 Å².